The molecule has 0 saturated heterocycles. The summed E-state index contributed by atoms with van der Waals surface area (Å²) in [4.78, 5) is 2.02. The maximum absolute atomic E-state index is 3.87. The number of allylic oxidation sites excluding steroid dienone is 3. The highest BCUT2D eigenvalue weighted by Crippen LogP contribution is 2.26. The van der Waals surface area contributed by atoms with Crippen LogP contribution in [0.4, 0.5) is 0 Å². The number of hydrogen-bond donors (Lipinski definition) is 0. The molecule has 0 aliphatic heterocycles. The molecule has 0 amide bonds. The third-order valence-corrected chi connectivity index (χ3v) is 2.02. The van der Waals surface area contributed by atoms with Crippen LogP contribution in [-0.4, -0.2) is 11.9 Å². The molecule has 0 aromatic carbocycles. The molecule has 0 aromatic rings. The number of hydrogen-bond acceptors (Lipinski definition) is 1. The van der Waals surface area contributed by atoms with E-state index in [1.165, 1.54) is 5.57 Å². The third-order valence-electron chi connectivity index (χ3n) is 2.02. The molecule has 1 heteroatoms. The van der Waals surface area contributed by atoms with E-state index in [-0.39, 0.29) is 5.41 Å². The molecule has 0 saturated carbocycles. The van der Waals surface area contributed by atoms with Gasteiger partial charge in [0.1, 0.15) is 0 Å². The summed E-state index contributed by atoms with van der Waals surface area (Å²) < 4.78 is 0. The van der Waals surface area contributed by atoms with Gasteiger partial charge < -0.3 is 4.90 Å². The Morgan fingerprint density at radius 2 is 1.77 bits per heavy atom. The van der Waals surface area contributed by atoms with Gasteiger partial charge in [0.2, 0.25) is 0 Å². The highest BCUT2D eigenvalue weighted by atomic mass is 15.1. The molecular weight excluding hydrogens is 158 g/mol. The molecule has 0 aliphatic rings. The normalized spacial score (nSPS) is 12.5. The Morgan fingerprint density at radius 3 is 2.00 bits per heavy atom. The van der Waals surface area contributed by atoms with E-state index < -0.39 is 0 Å². The summed E-state index contributed by atoms with van der Waals surface area (Å²) in [6.07, 6.45) is 3.98. The molecule has 1 nitrogen and oxygen atoms in total. The Balaban J connectivity index is 4.77. The zero-order valence-electron chi connectivity index (χ0n) is 9.52. The zero-order valence-corrected chi connectivity index (χ0v) is 9.52. The van der Waals surface area contributed by atoms with E-state index in [0.29, 0.717) is 0 Å². The molecule has 0 rings (SSSR count). The van der Waals surface area contributed by atoms with Crippen LogP contribution >= 0.6 is 0 Å². The van der Waals surface area contributed by atoms with Gasteiger partial charge in [-0.1, -0.05) is 40.0 Å². The predicted molar refractivity (Wildman–Crippen MR) is 60.3 cm³/mol. The minimum Gasteiger partial charge on any atom is -0.355 e. The molecule has 13 heavy (non-hydrogen) atoms. The summed E-state index contributed by atoms with van der Waals surface area (Å²) in [6, 6.07) is 0. The Morgan fingerprint density at radius 1 is 1.31 bits per heavy atom. The van der Waals surface area contributed by atoms with Crippen molar-refractivity contribution >= 4 is 0 Å². The summed E-state index contributed by atoms with van der Waals surface area (Å²) in [5.41, 5.74) is 2.40. The van der Waals surface area contributed by atoms with Crippen LogP contribution in [0.3, 0.4) is 0 Å². The van der Waals surface area contributed by atoms with Gasteiger partial charge in [-0.3, -0.25) is 0 Å². The van der Waals surface area contributed by atoms with Gasteiger partial charge >= 0.3 is 0 Å². The van der Waals surface area contributed by atoms with Gasteiger partial charge in [0, 0.05) is 18.9 Å². The van der Waals surface area contributed by atoms with Gasteiger partial charge in [0.15, 0.2) is 0 Å². The lowest BCUT2D eigenvalue weighted by molar-refractivity contribution is 0.487. The van der Waals surface area contributed by atoms with Gasteiger partial charge in [-0.05, 0) is 17.9 Å². The first-order chi connectivity index (χ1) is 5.79. The predicted octanol–water partition coefficient (Wildman–Crippen LogP) is 3.57. The molecule has 0 fully saturated rings. The van der Waals surface area contributed by atoms with Crippen LogP contribution in [0.1, 0.15) is 27.7 Å². The average molecular weight is 179 g/mol. The molecule has 0 spiro atoms. The second kappa shape index (κ2) is 4.31. The van der Waals surface area contributed by atoms with E-state index in [4.69, 9.17) is 0 Å². The first-order valence-electron chi connectivity index (χ1n) is 4.52. The van der Waals surface area contributed by atoms with Crippen molar-refractivity contribution < 1.29 is 0 Å². The van der Waals surface area contributed by atoms with E-state index in [1.54, 1.807) is 0 Å². The van der Waals surface area contributed by atoms with E-state index in [2.05, 4.69) is 40.1 Å². The van der Waals surface area contributed by atoms with Crippen LogP contribution in [0.2, 0.25) is 0 Å². The molecule has 74 valence electrons. The molecule has 0 heterocycles. The largest absolute Gasteiger partial charge is 0.355 e. The molecular formula is C12H21N. The lowest BCUT2D eigenvalue weighted by Crippen LogP contribution is -2.14. The topological polar surface area (TPSA) is 3.24 Å². The smallest absolute Gasteiger partial charge is 0.0109 e. The molecule has 0 aliphatic carbocycles. The van der Waals surface area contributed by atoms with E-state index in [1.807, 2.05) is 24.9 Å². The highest BCUT2D eigenvalue weighted by Gasteiger charge is 2.14. The van der Waals surface area contributed by atoms with Crippen molar-refractivity contribution in [3.05, 3.63) is 36.7 Å². The van der Waals surface area contributed by atoms with Crippen LogP contribution < -0.4 is 0 Å². The molecule has 0 unspecified atom stereocenters. The first-order valence-corrected chi connectivity index (χ1v) is 4.52. The fourth-order valence-electron chi connectivity index (χ4n) is 0.871. The first kappa shape index (κ1) is 12.0. The SMILES string of the molecule is C=C/C(=C\N(C)C(=C)C)C(C)(C)C. The average Bonchev–Trinajstić information content (AvgIpc) is 1.96. The fourth-order valence-corrected chi connectivity index (χ4v) is 0.871. The van der Waals surface area contributed by atoms with Gasteiger partial charge in [-0.25, -0.2) is 0 Å². The quantitative estimate of drug-likeness (QED) is 0.599. The van der Waals surface area contributed by atoms with Crippen molar-refractivity contribution in [1.82, 2.24) is 4.90 Å². The van der Waals surface area contributed by atoms with Gasteiger partial charge in [0.25, 0.3) is 0 Å². The van der Waals surface area contributed by atoms with Crippen LogP contribution in [0.15, 0.2) is 36.7 Å². The summed E-state index contributed by atoms with van der Waals surface area (Å²) >= 11 is 0. The highest BCUT2D eigenvalue weighted by molar-refractivity contribution is 5.23. The lowest BCUT2D eigenvalue weighted by Gasteiger charge is -2.23. The molecule has 0 atom stereocenters. The third kappa shape index (κ3) is 3.97. The molecule has 0 bridgehead atoms. The monoisotopic (exact) mass is 179 g/mol. The Labute approximate surface area is 82.4 Å². The van der Waals surface area contributed by atoms with Crippen LogP contribution in [0.25, 0.3) is 0 Å². The standard InChI is InChI=1S/C12H21N/c1-8-11(12(4,5)6)9-13(7)10(2)3/h8-9H,1-2H2,3-7H3/b11-9+. The van der Waals surface area contributed by atoms with E-state index in [9.17, 15) is 0 Å². The summed E-state index contributed by atoms with van der Waals surface area (Å²) in [6.45, 7) is 16.2. The molecule has 0 aromatic heterocycles. The minimum absolute atomic E-state index is 0.144. The summed E-state index contributed by atoms with van der Waals surface area (Å²) in [5, 5.41) is 0. The Hall–Kier alpha value is -0.980. The van der Waals surface area contributed by atoms with Crippen LogP contribution in [-0.2, 0) is 0 Å². The fraction of sp³-hybridized carbons (Fsp3) is 0.500. The Kier molecular flexibility index (Phi) is 3.99. The zero-order chi connectivity index (χ0) is 10.6. The van der Waals surface area contributed by atoms with Gasteiger partial charge in [-0.15, -0.1) is 0 Å². The maximum Gasteiger partial charge on any atom is 0.0109 e. The molecule has 0 radical (unpaired) electrons. The summed E-state index contributed by atoms with van der Waals surface area (Å²) in [5.74, 6) is 0. The van der Waals surface area contributed by atoms with E-state index in [0.717, 1.165) is 5.70 Å². The van der Waals surface area contributed by atoms with Gasteiger partial charge in [-0.2, -0.15) is 0 Å². The van der Waals surface area contributed by atoms with Crippen molar-refractivity contribution in [1.29, 1.82) is 0 Å². The number of rotatable bonds is 3. The lowest BCUT2D eigenvalue weighted by atomic mass is 9.87. The van der Waals surface area contributed by atoms with Crippen molar-refractivity contribution in [2.75, 3.05) is 7.05 Å². The van der Waals surface area contributed by atoms with E-state index >= 15 is 0 Å². The van der Waals surface area contributed by atoms with Crippen LogP contribution in [0, 0.1) is 5.41 Å². The second-order valence-electron chi connectivity index (χ2n) is 4.38. The van der Waals surface area contributed by atoms with Crippen molar-refractivity contribution in [2.45, 2.75) is 27.7 Å². The Bertz CT molecular complexity index is 228. The van der Waals surface area contributed by atoms with Crippen molar-refractivity contribution in [3.63, 3.8) is 0 Å². The van der Waals surface area contributed by atoms with Crippen LogP contribution in [0.5, 0.6) is 0 Å². The number of nitrogens with zero attached hydrogens (tertiary/aromatic N) is 1. The second-order valence-corrected chi connectivity index (χ2v) is 4.38. The van der Waals surface area contributed by atoms with Gasteiger partial charge in [0.05, 0.1) is 0 Å². The summed E-state index contributed by atoms with van der Waals surface area (Å²) in [7, 11) is 2.00. The van der Waals surface area contributed by atoms with Crippen molar-refractivity contribution in [3.8, 4) is 0 Å². The maximum atomic E-state index is 3.87. The molecule has 0 N–H and O–H groups in total. The minimum atomic E-state index is 0.144. The van der Waals surface area contributed by atoms with Crippen molar-refractivity contribution in [2.24, 2.45) is 5.41 Å².